The van der Waals surface area contributed by atoms with E-state index >= 15 is 0 Å². The van der Waals surface area contributed by atoms with Crippen LogP contribution in [-0.2, 0) is 16.1 Å². The second kappa shape index (κ2) is 6.96. The summed E-state index contributed by atoms with van der Waals surface area (Å²) in [5.41, 5.74) is 0. The number of hydrogen-bond acceptors (Lipinski definition) is 4. The molecular formula is C11H17ClN2O2S. The number of halogens is 1. The highest BCUT2D eigenvalue weighted by Gasteiger charge is 2.24. The number of likely N-dealkylation sites (N-methyl/N-ethyl adjacent to an activating group) is 1. The topological polar surface area (TPSA) is 41.6 Å². The van der Waals surface area contributed by atoms with Crippen LogP contribution in [0.5, 0.6) is 0 Å². The molecule has 0 bridgehead atoms. The van der Waals surface area contributed by atoms with E-state index in [1.165, 1.54) is 4.88 Å². The van der Waals surface area contributed by atoms with Gasteiger partial charge in [0.15, 0.2) is 0 Å². The molecular weight excluding hydrogens is 260 g/mol. The number of thiophene rings is 1. The number of ether oxygens (including phenoxy) is 1. The Morgan fingerprint density at radius 2 is 2.53 bits per heavy atom. The Balaban J connectivity index is 0.00000144. The molecule has 1 aliphatic rings. The van der Waals surface area contributed by atoms with Crippen molar-refractivity contribution in [1.29, 1.82) is 0 Å². The lowest BCUT2D eigenvalue weighted by atomic mass is 10.2. The van der Waals surface area contributed by atoms with E-state index in [0.29, 0.717) is 19.8 Å². The quantitative estimate of drug-likeness (QED) is 0.900. The zero-order valence-corrected chi connectivity index (χ0v) is 11.4. The summed E-state index contributed by atoms with van der Waals surface area (Å²) in [7, 11) is 1.83. The minimum absolute atomic E-state index is 0. The van der Waals surface area contributed by atoms with Gasteiger partial charge in [-0.1, -0.05) is 6.07 Å². The SMILES string of the molecule is CN(Cc1cccs1)C(=O)C1COCCN1.Cl. The highest BCUT2D eigenvalue weighted by atomic mass is 35.5. The standard InChI is InChI=1S/C11H16N2O2S.ClH/c1-13(7-9-3-2-6-16-9)11(14)10-8-15-5-4-12-10;/h2-3,6,10,12H,4-5,7-8H2,1H3;1H. The number of hydrogen-bond donors (Lipinski definition) is 1. The Bertz CT molecular complexity index is 339. The normalized spacial score (nSPS) is 19.5. The van der Waals surface area contributed by atoms with E-state index < -0.39 is 0 Å². The number of carbonyl (C=O) groups is 1. The van der Waals surface area contributed by atoms with E-state index in [2.05, 4.69) is 5.32 Å². The van der Waals surface area contributed by atoms with Crippen LogP contribution in [0.25, 0.3) is 0 Å². The van der Waals surface area contributed by atoms with Crippen LogP contribution >= 0.6 is 23.7 Å². The van der Waals surface area contributed by atoms with E-state index in [1.807, 2.05) is 24.6 Å². The van der Waals surface area contributed by atoms with Crippen molar-refractivity contribution in [3.63, 3.8) is 0 Å². The van der Waals surface area contributed by atoms with Crippen molar-refractivity contribution >= 4 is 29.7 Å². The fourth-order valence-corrected chi connectivity index (χ4v) is 2.46. The first-order chi connectivity index (χ1) is 7.77. The Morgan fingerprint density at radius 3 is 3.12 bits per heavy atom. The first kappa shape index (κ1) is 14.4. The van der Waals surface area contributed by atoms with E-state index in [0.717, 1.165) is 6.54 Å². The molecule has 2 rings (SSSR count). The van der Waals surface area contributed by atoms with Gasteiger partial charge in [-0.25, -0.2) is 0 Å². The van der Waals surface area contributed by atoms with Crippen LogP contribution in [0.2, 0.25) is 0 Å². The summed E-state index contributed by atoms with van der Waals surface area (Å²) >= 11 is 1.67. The van der Waals surface area contributed by atoms with Crippen LogP contribution in [0.4, 0.5) is 0 Å². The highest BCUT2D eigenvalue weighted by Crippen LogP contribution is 2.11. The number of carbonyl (C=O) groups excluding carboxylic acids is 1. The molecule has 4 nitrogen and oxygen atoms in total. The third-order valence-corrected chi connectivity index (χ3v) is 3.43. The smallest absolute Gasteiger partial charge is 0.242 e. The lowest BCUT2D eigenvalue weighted by molar-refractivity contribution is -0.135. The lowest BCUT2D eigenvalue weighted by Gasteiger charge is -2.27. The molecule has 1 aromatic rings. The van der Waals surface area contributed by atoms with E-state index in [9.17, 15) is 4.79 Å². The van der Waals surface area contributed by atoms with Crippen LogP contribution < -0.4 is 5.32 Å². The van der Waals surface area contributed by atoms with E-state index in [4.69, 9.17) is 4.74 Å². The van der Waals surface area contributed by atoms with Gasteiger partial charge in [0.25, 0.3) is 0 Å². The Hall–Kier alpha value is -0.620. The van der Waals surface area contributed by atoms with Gasteiger partial charge in [-0.3, -0.25) is 4.79 Å². The predicted molar refractivity (Wildman–Crippen MR) is 70.7 cm³/mol. The maximum absolute atomic E-state index is 12.0. The molecule has 1 amide bonds. The van der Waals surface area contributed by atoms with E-state index in [1.54, 1.807) is 16.2 Å². The summed E-state index contributed by atoms with van der Waals surface area (Å²) in [6.45, 7) is 2.60. The van der Waals surface area contributed by atoms with Crippen LogP contribution in [0.15, 0.2) is 17.5 Å². The third-order valence-electron chi connectivity index (χ3n) is 2.57. The lowest BCUT2D eigenvalue weighted by Crippen LogP contribution is -2.51. The molecule has 1 saturated heterocycles. The Kier molecular flexibility index (Phi) is 5.91. The fourth-order valence-electron chi connectivity index (χ4n) is 1.70. The van der Waals surface area contributed by atoms with Crippen molar-refractivity contribution in [1.82, 2.24) is 10.2 Å². The van der Waals surface area contributed by atoms with Gasteiger partial charge in [-0.15, -0.1) is 23.7 Å². The first-order valence-corrected chi connectivity index (χ1v) is 6.24. The molecule has 17 heavy (non-hydrogen) atoms. The number of morpholine rings is 1. The molecule has 96 valence electrons. The van der Waals surface area contributed by atoms with Crippen LogP contribution in [0.3, 0.4) is 0 Å². The number of nitrogens with one attached hydrogen (secondary N) is 1. The van der Waals surface area contributed by atoms with Crippen molar-refractivity contribution in [2.75, 3.05) is 26.8 Å². The molecule has 0 aromatic carbocycles. The zero-order valence-electron chi connectivity index (χ0n) is 9.72. The van der Waals surface area contributed by atoms with Gasteiger partial charge in [-0.2, -0.15) is 0 Å². The summed E-state index contributed by atoms with van der Waals surface area (Å²) in [6, 6.07) is 3.86. The molecule has 1 atom stereocenters. The van der Waals surface area contributed by atoms with Crippen molar-refractivity contribution < 1.29 is 9.53 Å². The summed E-state index contributed by atoms with van der Waals surface area (Å²) < 4.78 is 5.28. The third kappa shape index (κ3) is 3.96. The Labute approximate surface area is 111 Å². The molecule has 1 aliphatic heterocycles. The second-order valence-corrected chi connectivity index (χ2v) is 4.89. The maximum Gasteiger partial charge on any atom is 0.242 e. The van der Waals surface area contributed by atoms with Gasteiger partial charge < -0.3 is 15.0 Å². The molecule has 0 radical (unpaired) electrons. The van der Waals surface area contributed by atoms with Crippen LogP contribution in [-0.4, -0.2) is 43.7 Å². The largest absolute Gasteiger partial charge is 0.378 e. The molecule has 1 N–H and O–H groups in total. The summed E-state index contributed by atoms with van der Waals surface area (Å²) in [5, 5.41) is 5.19. The van der Waals surface area contributed by atoms with Gasteiger partial charge in [0.05, 0.1) is 19.8 Å². The van der Waals surface area contributed by atoms with Crippen molar-refractivity contribution in [2.45, 2.75) is 12.6 Å². The predicted octanol–water partition coefficient (Wildman–Crippen LogP) is 1.12. The molecule has 1 fully saturated rings. The van der Waals surface area contributed by atoms with E-state index in [-0.39, 0.29) is 24.4 Å². The molecule has 0 spiro atoms. The van der Waals surface area contributed by atoms with Gasteiger partial charge >= 0.3 is 0 Å². The number of rotatable bonds is 3. The number of amides is 1. The van der Waals surface area contributed by atoms with Crippen molar-refractivity contribution in [2.24, 2.45) is 0 Å². The first-order valence-electron chi connectivity index (χ1n) is 5.36. The summed E-state index contributed by atoms with van der Waals surface area (Å²) in [6.07, 6.45) is 0. The molecule has 0 aliphatic carbocycles. The van der Waals surface area contributed by atoms with Gasteiger partial charge in [0.2, 0.25) is 5.91 Å². The highest BCUT2D eigenvalue weighted by molar-refractivity contribution is 7.09. The zero-order chi connectivity index (χ0) is 11.4. The fraction of sp³-hybridized carbons (Fsp3) is 0.545. The van der Waals surface area contributed by atoms with Gasteiger partial charge in [-0.05, 0) is 11.4 Å². The minimum atomic E-state index is -0.182. The number of nitrogens with zero attached hydrogens (tertiary/aromatic N) is 1. The van der Waals surface area contributed by atoms with Crippen LogP contribution in [0, 0.1) is 0 Å². The maximum atomic E-state index is 12.0. The summed E-state index contributed by atoms with van der Waals surface area (Å²) in [4.78, 5) is 15.0. The van der Waals surface area contributed by atoms with Gasteiger partial charge in [0.1, 0.15) is 6.04 Å². The van der Waals surface area contributed by atoms with Crippen LogP contribution in [0.1, 0.15) is 4.88 Å². The summed E-state index contributed by atoms with van der Waals surface area (Å²) in [5.74, 6) is 0.105. The molecule has 2 heterocycles. The Morgan fingerprint density at radius 1 is 1.71 bits per heavy atom. The monoisotopic (exact) mass is 276 g/mol. The molecule has 1 aromatic heterocycles. The molecule has 1 unspecified atom stereocenters. The second-order valence-electron chi connectivity index (χ2n) is 3.86. The average Bonchev–Trinajstić information content (AvgIpc) is 2.82. The van der Waals surface area contributed by atoms with Crippen molar-refractivity contribution in [3.8, 4) is 0 Å². The van der Waals surface area contributed by atoms with Crippen molar-refractivity contribution in [3.05, 3.63) is 22.4 Å². The van der Waals surface area contributed by atoms with Gasteiger partial charge in [0, 0.05) is 18.5 Å². The molecule has 0 saturated carbocycles. The average molecular weight is 277 g/mol. The minimum Gasteiger partial charge on any atom is -0.378 e. The molecule has 6 heteroatoms.